The van der Waals surface area contributed by atoms with Crippen molar-refractivity contribution in [1.82, 2.24) is 15.5 Å². The number of hydrogen-bond donors (Lipinski definition) is 2. The molecule has 1 heterocycles. The van der Waals surface area contributed by atoms with Gasteiger partial charge in [-0.2, -0.15) is 0 Å². The average Bonchev–Trinajstić information content (AvgIpc) is 2.52. The van der Waals surface area contributed by atoms with E-state index in [9.17, 15) is 4.39 Å². The Morgan fingerprint density at radius 2 is 2.04 bits per heavy atom. The summed E-state index contributed by atoms with van der Waals surface area (Å²) in [7, 11) is 1.75. The fraction of sp³-hybridized carbons (Fsp3) is 0.588. The van der Waals surface area contributed by atoms with Crippen molar-refractivity contribution in [2.24, 2.45) is 10.9 Å². The largest absolute Gasteiger partial charge is 0.355 e. The number of guanidine groups is 1. The lowest BCUT2D eigenvalue weighted by atomic mass is 9.99. The lowest BCUT2D eigenvalue weighted by Gasteiger charge is -2.30. The summed E-state index contributed by atoms with van der Waals surface area (Å²) in [4.78, 5) is 6.70. The highest BCUT2D eigenvalue weighted by atomic mass is 127. The minimum absolute atomic E-state index is 0. The van der Waals surface area contributed by atoms with Gasteiger partial charge < -0.3 is 15.5 Å². The second-order valence-electron chi connectivity index (χ2n) is 6.01. The maximum Gasteiger partial charge on any atom is 0.191 e. The summed E-state index contributed by atoms with van der Waals surface area (Å²) in [6.45, 7) is 7.19. The summed E-state index contributed by atoms with van der Waals surface area (Å²) in [5, 5.41) is 6.53. The van der Waals surface area contributed by atoms with Gasteiger partial charge in [-0.25, -0.2) is 4.39 Å². The van der Waals surface area contributed by atoms with Gasteiger partial charge in [0, 0.05) is 26.7 Å². The third-order valence-electron chi connectivity index (χ3n) is 4.17. The molecule has 0 spiro atoms. The fourth-order valence-corrected chi connectivity index (χ4v) is 2.67. The van der Waals surface area contributed by atoms with Gasteiger partial charge in [-0.05, 0) is 49.5 Å². The van der Waals surface area contributed by atoms with E-state index in [1.54, 1.807) is 13.1 Å². The highest BCUT2D eigenvalue weighted by Crippen LogP contribution is 2.15. The number of rotatable bonds is 5. The molecule has 1 aliphatic heterocycles. The molecule has 1 fully saturated rings. The third kappa shape index (κ3) is 7.48. The monoisotopic (exact) mass is 434 g/mol. The molecular formula is C17H28FIN4. The van der Waals surface area contributed by atoms with Gasteiger partial charge >= 0.3 is 0 Å². The molecule has 130 valence electrons. The van der Waals surface area contributed by atoms with Crippen molar-refractivity contribution in [2.45, 2.75) is 26.3 Å². The van der Waals surface area contributed by atoms with Crippen LogP contribution < -0.4 is 10.6 Å². The summed E-state index contributed by atoms with van der Waals surface area (Å²) in [6, 6.07) is 6.61. The zero-order valence-corrected chi connectivity index (χ0v) is 16.3. The predicted molar refractivity (Wildman–Crippen MR) is 105 cm³/mol. The normalized spacial score (nSPS) is 16.7. The summed E-state index contributed by atoms with van der Waals surface area (Å²) in [5.74, 6) is 1.42. The molecule has 0 atom stereocenters. The molecule has 6 heteroatoms. The molecule has 0 unspecified atom stereocenters. The van der Waals surface area contributed by atoms with Crippen LogP contribution in [0.3, 0.4) is 0 Å². The van der Waals surface area contributed by atoms with Crippen molar-refractivity contribution >= 4 is 29.9 Å². The molecule has 0 amide bonds. The van der Waals surface area contributed by atoms with Crippen LogP contribution in [0.5, 0.6) is 0 Å². The maximum absolute atomic E-state index is 13.1. The van der Waals surface area contributed by atoms with Crippen LogP contribution >= 0.6 is 24.0 Å². The van der Waals surface area contributed by atoms with Crippen molar-refractivity contribution in [1.29, 1.82) is 0 Å². The van der Waals surface area contributed by atoms with E-state index in [4.69, 9.17) is 0 Å². The maximum atomic E-state index is 13.1. The number of halogens is 2. The van der Waals surface area contributed by atoms with Gasteiger partial charge in [-0.3, -0.25) is 4.99 Å². The zero-order valence-electron chi connectivity index (χ0n) is 14.0. The first kappa shape index (κ1) is 20.2. The fourth-order valence-electron chi connectivity index (χ4n) is 2.67. The van der Waals surface area contributed by atoms with Crippen LogP contribution in [0.1, 0.15) is 25.3 Å². The van der Waals surface area contributed by atoms with Crippen LogP contribution in [0.2, 0.25) is 0 Å². The first-order valence-corrected chi connectivity index (χ1v) is 8.08. The molecule has 2 rings (SSSR count). The Balaban J connectivity index is 0.00000264. The Labute approximate surface area is 156 Å². The van der Waals surface area contributed by atoms with E-state index in [1.165, 1.54) is 38.1 Å². The zero-order chi connectivity index (χ0) is 15.8. The van der Waals surface area contributed by atoms with Crippen molar-refractivity contribution in [3.05, 3.63) is 35.6 Å². The molecule has 1 saturated heterocycles. The Kier molecular flexibility index (Phi) is 9.47. The Bertz CT molecular complexity index is 487. The van der Waals surface area contributed by atoms with E-state index in [0.717, 1.165) is 30.5 Å². The minimum Gasteiger partial charge on any atom is -0.355 e. The van der Waals surface area contributed by atoms with Gasteiger partial charge in [0.05, 0.1) is 0 Å². The Morgan fingerprint density at radius 3 is 2.70 bits per heavy atom. The van der Waals surface area contributed by atoms with Gasteiger partial charge in [0.2, 0.25) is 0 Å². The van der Waals surface area contributed by atoms with Crippen LogP contribution in [-0.2, 0) is 6.54 Å². The van der Waals surface area contributed by atoms with Crippen molar-refractivity contribution in [3.63, 3.8) is 0 Å². The number of nitrogens with zero attached hydrogens (tertiary/aromatic N) is 2. The van der Waals surface area contributed by atoms with Gasteiger partial charge in [0.25, 0.3) is 0 Å². The molecule has 0 radical (unpaired) electrons. The second-order valence-corrected chi connectivity index (χ2v) is 6.01. The SMILES string of the molecule is CN=C(NCCN1CCC(C)CC1)NCc1cccc(F)c1.I. The van der Waals surface area contributed by atoms with Gasteiger partial charge in [0.1, 0.15) is 5.82 Å². The molecule has 0 aliphatic carbocycles. The van der Waals surface area contributed by atoms with Crippen LogP contribution in [-0.4, -0.2) is 44.1 Å². The van der Waals surface area contributed by atoms with E-state index < -0.39 is 0 Å². The average molecular weight is 434 g/mol. The topological polar surface area (TPSA) is 39.7 Å². The van der Waals surface area contributed by atoms with Gasteiger partial charge in [-0.1, -0.05) is 19.1 Å². The van der Waals surface area contributed by atoms with Crippen molar-refractivity contribution in [2.75, 3.05) is 33.2 Å². The number of likely N-dealkylation sites (tertiary alicyclic amines) is 1. The number of piperidine rings is 1. The van der Waals surface area contributed by atoms with Gasteiger partial charge in [0.15, 0.2) is 5.96 Å². The number of benzene rings is 1. The minimum atomic E-state index is -0.207. The quantitative estimate of drug-likeness (QED) is 0.426. The van der Waals surface area contributed by atoms with Crippen LogP contribution in [0.25, 0.3) is 0 Å². The van der Waals surface area contributed by atoms with Crippen molar-refractivity contribution < 1.29 is 4.39 Å². The summed E-state index contributed by atoms with van der Waals surface area (Å²) < 4.78 is 13.1. The van der Waals surface area contributed by atoms with Gasteiger partial charge in [-0.15, -0.1) is 24.0 Å². The third-order valence-corrected chi connectivity index (χ3v) is 4.17. The molecule has 0 bridgehead atoms. The molecule has 1 aliphatic rings. The summed E-state index contributed by atoms with van der Waals surface area (Å²) in [6.07, 6.45) is 2.60. The summed E-state index contributed by atoms with van der Waals surface area (Å²) in [5.41, 5.74) is 0.910. The Morgan fingerprint density at radius 1 is 1.30 bits per heavy atom. The van der Waals surface area contributed by atoms with Crippen LogP contribution in [0, 0.1) is 11.7 Å². The highest BCUT2D eigenvalue weighted by molar-refractivity contribution is 14.0. The van der Waals surface area contributed by atoms with Crippen LogP contribution in [0.4, 0.5) is 4.39 Å². The van der Waals surface area contributed by atoms with E-state index in [0.29, 0.717) is 6.54 Å². The second kappa shape index (κ2) is 10.8. The standard InChI is InChI=1S/C17H27FN4.HI/c1-14-6-9-22(10-7-14)11-8-20-17(19-2)21-13-15-4-3-5-16(18)12-15;/h3-5,12,14H,6-11,13H2,1-2H3,(H2,19,20,21);1H. The lowest BCUT2D eigenvalue weighted by molar-refractivity contribution is 0.195. The predicted octanol–water partition coefficient (Wildman–Crippen LogP) is 2.84. The molecule has 1 aromatic rings. The molecule has 1 aromatic carbocycles. The highest BCUT2D eigenvalue weighted by Gasteiger charge is 2.14. The number of nitrogens with one attached hydrogen (secondary N) is 2. The first-order chi connectivity index (χ1) is 10.7. The molecule has 4 nitrogen and oxygen atoms in total. The first-order valence-electron chi connectivity index (χ1n) is 8.08. The molecule has 0 aromatic heterocycles. The van der Waals surface area contributed by atoms with E-state index in [1.807, 2.05) is 6.07 Å². The van der Waals surface area contributed by atoms with E-state index in [-0.39, 0.29) is 29.8 Å². The number of aliphatic imine (C=N–C) groups is 1. The molecule has 2 N–H and O–H groups in total. The molecule has 0 saturated carbocycles. The number of hydrogen-bond acceptors (Lipinski definition) is 2. The van der Waals surface area contributed by atoms with E-state index >= 15 is 0 Å². The Hall–Kier alpha value is -0.890. The van der Waals surface area contributed by atoms with Crippen LogP contribution in [0.15, 0.2) is 29.3 Å². The summed E-state index contributed by atoms with van der Waals surface area (Å²) >= 11 is 0. The molecular weight excluding hydrogens is 406 g/mol. The smallest absolute Gasteiger partial charge is 0.191 e. The lowest BCUT2D eigenvalue weighted by Crippen LogP contribution is -2.43. The molecule has 23 heavy (non-hydrogen) atoms. The van der Waals surface area contributed by atoms with Crippen molar-refractivity contribution in [3.8, 4) is 0 Å². The van der Waals surface area contributed by atoms with E-state index in [2.05, 4.69) is 27.4 Å².